The van der Waals surface area contributed by atoms with Crippen molar-refractivity contribution in [2.45, 2.75) is 25.3 Å². The molecule has 0 amide bonds. The molecule has 2 N–H and O–H groups in total. The molecule has 0 aliphatic carbocycles. The summed E-state index contributed by atoms with van der Waals surface area (Å²) in [7, 11) is -3.63. The van der Waals surface area contributed by atoms with E-state index in [-0.39, 0.29) is 11.5 Å². The number of aromatic nitrogens is 1. The van der Waals surface area contributed by atoms with E-state index in [1.54, 1.807) is 19.1 Å². The third kappa shape index (κ3) is 3.12. The largest absolute Gasteiger partial charge is 0.391 e. The van der Waals surface area contributed by atoms with Crippen molar-refractivity contribution in [2.24, 2.45) is 0 Å². The number of hydrogen-bond acceptors (Lipinski definition) is 5. The summed E-state index contributed by atoms with van der Waals surface area (Å²) in [5.74, 6) is 0. The monoisotopic (exact) mass is 298 g/mol. The van der Waals surface area contributed by atoms with Gasteiger partial charge in [-0.15, -0.1) is 11.3 Å². The van der Waals surface area contributed by atoms with Gasteiger partial charge in [-0.3, -0.25) is 9.71 Å². The van der Waals surface area contributed by atoms with Crippen molar-refractivity contribution < 1.29 is 13.5 Å². The van der Waals surface area contributed by atoms with E-state index in [2.05, 4.69) is 9.71 Å². The van der Waals surface area contributed by atoms with Gasteiger partial charge in [0.1, 0.15) is 0 Å². The number of nitrogens with zero attached hydrogens (tertiary/aromatic N) is 1. The third-order valence-electron chi connectivity index (χ3n) is 2.57. The van der Waals surface area contributed by atoms with Gasteiger partial charge in [0, 0.05) is 16.0 Å². The number of anilines is 1. The molecule has 0 aliphatic rings. The summed E-state index contributed by atoms with van der Waals surface area (Å²) in [5, 5.41) is 10.5. The minimum atomic E-state index is -3.63. The summed E-state index contributed by atoms with van der Waals surface area (Å²) in [4.78, 5) is 4.97. The van der Waals surface area contributed by atoms with Gasteiger partial charge in [-0.1, -0.05) is 0 Å². The number of sulfonamides is 1. The molecule has 19 heavy (non-hydrogen) atoms. The smallest absolute Gasteiger partial charge is 0.262 e. The first-order chi connectivity index (χ1) is 8.92. The number of thiophene rings is 1. The molecule has 0 saturated carbocycles. The number of aliphatic hydroxyl groups excluding tert-OH is 1. The Hall–Kier alpha value is -1.44. The van der Waals surface area contributed by atoms with Crippen LogP contribution < -0.4 is 4.72 Å². The normalized spacial score (nSPS) is 11.5. The summed E-state index contributed by atoms with van der Waals surface area (Å²) < 4.78 is 26.8. The predicted octanol–water partition coefficient (Wildman–Crippen LogP) is 2.05. The summed E-state index contributed by atoms with van der Waals surface area (Å²) in [6, 6.07) is 4.90. The van der Waals surface area contributed by atoms with Crippen molar-refractivity contribution in [3.63, 3.8) is 0 Å². The molecule has 0 unspecified atom stereocenters. The van der Waals surface area contributed by atoms with E-state index >= 15 is 0 Å². The van der Waals surface area contributed by atoms with Gasteiger partial charge in [-0.25, -0.2) is 8.42 Å². The minimum absolute atomic E-state index is 0.154. The predicted molar refractivity (Wildman–Crippen MR) is 74.8 cm³/mol. The molecule has 7 heteroatoms. The van der Waals surface area contributed by atoms with Gasteiger partial charge in [0.05, 0.1) is 22.9 Å². The van der Waals surface area contributed by atoms with Crippen molar-refractivity contribution in [3.8, 4) is 0 Å². The van der Waals surface area contributed by atoms with Crippen LogP contribution in [0.4, 0.5) is 5.69 Å². The number of aryl methyl sites for hydroxylation is 2. The Bertz CT molecular complexity index is 693. The summed E-state index contributed by atoms with van der Waals surface area (Å²) >= 11 is 1.21. The fourth-order valence-corrected chi connectivity index (χ4v) is 3.83. The maximum absolute atomic E-state index is 12.2. The van der Waals surface area contributed by atoms with Gasteiger partial charge < -0.3 is 5.11 Å². The highest BCUT2D eigenvalue weighted by Gasteiger charge is 2.17. The first-order valence-corrected chi connectivity index (χ1v) is 7.94. The van der Waals surface area contributed by atoms with Crippen molar-refractivity contribution in [1.29, 1.82) is 0 Å². The molecule has 0 saturated heterocycles. The lowest BCUT2D eigenvalue weighted by atomic mass is 10.3. The van der Waals surface area contributed by atoms with Crippen LogP contribution in [0.25, 0.3) is 0 Å². The Morgan fingerprint density at radius 1 is 1.37 bits per heavy atom. The Kier molecular flexibility index (Phi) is 3.88. The van der Waals surface area contributed by atoms with E-state index in [9.17, 15) is 8.42 Å². The van der Waals surface area contributed by atoms with Gasteiger partial charge in [-0.05, 0) is 32.0 Å². The molecule has 0 atom stereocenters. The SMILES string of the molecule is Cc1ccc(NS(=O)(=O)c2csc(CO)c2)c(C)n1. The zero-order valence-electron chi connectivity index (χ0n) is 10.5. The number of nitrogens with one attached hydrogen (secondary N) is 1. The van der Waals surface area contributed by atoms with Crippen LogP contribution in [0.15, 0.2) is 28.5 Å². The summed E-state index contributed by atoms with van der Waals surface area (Å²) in [6.45, 7) is 3.43. The number of hydrogen-bond donors (Lipinski definition) is 2. The van der Waals surface area contributed by atoms with Crippen LogP contribution in [-0.2, 0) is 16.6 Å². The molecule has 2 heterocycles. The first-order valence-electron chi connectivity index (χ1n) is 5.58. The molecule has 2 aromatic heterocycles. The van der Waals surface area contributed by atoms with Crippen LogP contribution in [-0.4, -0.2) is 18.5 Å². The van der Waals surface area contributed by atoms with Crippen LogP contribution in [0.1, 0.15) is 16.3 Å². The van der Waals surface area contributed by atoms with E-state index in [1.807, 2.05) is 6.92 Å². The molecule has 0 radical (unpaired) electrons. The van der Waals surface area contributed by atoms with Crippen molar-refractivity contribution in [2.75, 3.05) is 4.72 Å². The molecule has 0 aromatic carbocycles. The molecule has 5 nitrogen and oxygen atoms in total. The average molecular weight is 298 g/mol. The zero-order chi connectivity index (χ0) is 14.0. The van der Waals surface area contributed by atoms with Gasteiger partial charge in [0.25, 0.3) is 10.0 Å². The number of rotatable bonds is 4. The number of aliphatic hydroxyl groups is 1. The maximum atomic E-state index is 12.2. The van der Waals surface area contributed by atoms with Gasteiger partial charge in [-0.2, -0.15) is 0 Å². The van der Waals surface area contributed by atoms with E-state index in [4.69, 9.17) is 5.11 Å². The molecule has 0 aliphatic heterocycles. The van der Waals surface area contributed by atoms with Crippen LogP contribution in [0.3, 0.4) is 0 Å². The fraction of sp³-hybridized carbons (Fsp3) is 0.250. The van der Waals surface area contributed by atoms with Crippen LogP contribution in [0, 0.1) is 13.8 Å². The van der Waals surface area contributed by atoms with Crippen molar-refractivity contribution >= 4 is 27.0 Å². The van der Waals surface area contributed by atoms with E-state index in [0.29, 0.717) is 16.3 Å². The molecule has 2 rings (SSSR count). The highest BCUT2D eigenvalue weighted by molar-refractivity contribution is 7.92. The lowest BCUT2D eigenvalue weighted by molar-refractivity contribution is 0.285. The molecule has 0 bridgehead atoms. The fourth-order valence-electron chi connectivity index (χ4n) is 1.58. The molecular weight excluding hydrogens is 284 g/mol. The zero-order valence-corrected chi connectivity index (χ0v) is 12.2. The lowest BCUT2D eigenvalue weighted by Gasteiger charge is -2.09. The van der Waals surface area contributed by atoms with Crippen molar-refractivity contribution in [3.05, 3.63) is 39.8 Å². The van der Waals surface area contributed by atoms with E-state index in [1.165, 1.54) is 22.8 Å². The standard InChI is InChI=1S/C12H14N2O3S2/c1-8-3-4-12(9(2)13-8)14-19(16,17)11-5-10(6-15)18-7-11/h3-5,7,14-15H,6H2,1-2H3. The molecule has 102 valence electrons. The molecule has 0 spiro atoms. The molecule has 2 aromatic rings. The second-order valence-corrected chi connectivity index (χ2v) is 6.78. The van der Waals surface area contributed by atoms with Crippen LogP contribution >= 0.6 is 11.3 Å². The van der Waals surface area contributed by atoms with E-state index < -0.39 is 10.0 Å². The average Bonchev–Trinajstić information content (AvgIpc) is 2.82. The van der Waals surface area contributed by atoms with Gasteiger partial charge >= 0.3 is 0 Å². The summed E-state index contributed by atoms with van der Waals surface area (Å²) in [5.41, 5.74) is 1.92. The Labute approximate surface area is 116 Å². The Morgan fingerprint density at radius 3 is 2.68 bits per heavy atom. The third-order valence-corrected chi connectivity index (χ3v) is 4.98. The van der Waals surface area contributed by atoms with Crippen LogP contribution in [0.5, 0.6) is 0 Å². The topological polar surface area (TPSA) is 79.3 Å². The minimum Gasteiger partial charge on any atom is -0.391 e. The van der Waals surface area contributed by atoms with Crippen LogP contribution in [0.2, 0.25) is 0 Å². The number of pyridine rings is 1. The van der Waals surface area contributed by atoms with Crippen molar-refractivity contribution in [1.82, 2.24) is 4.98 Å². The van der Waals surface area contributed by atoms with Gasteiger partial charge in [0.2, 0.25) is 0 Å². The second kappa shape index (κ2) is 5.28. The van der Waals surface area contributed by atoms with E-state index in [0.717, 1.165) is 5.69 Å². The second-order valence-electron chi connectivity index (χ2n) is 4.10. The molecule has 0 fully saturated rings. The lowest BCUT2D eigenvalue weighted by Crippen LogP contribution is -2.13. The highest BCUT2D eigenvalue weighted by atomic mass is 32.2. The maximum Gasteiger partial charge on any atom is 0.262 e. The summed E-state index contributed by atoms with van der Waals surface area (Å²) in [6.07, 6.45) is 0. The quantitative estimate of drug-likeness (QED) is 0.905. The Balaban J connectivity index is 2.30. The molecular formula is C12H14N2O3S2. The van der Waals surface area contributed by atoms with Gasteiger partial charge in [0.15, 0.2) is 0 Å². The first kappa shape index (κ1) is 14.0. The highest BCUT2D eigenvalue weighted by Crippen LogP contribution is 2.23. The Morgan fingerprint density at radius 2 is 2.11 bits per heavy atom.